The van der Waals surface area contributed by atoms with Crippen LogP contribution in [0.4, 0.5) is 0 Å². The summed E-state index contributed by atoms with van der Waals surface area (Å²) in [7, 11) is 0. The number of carbonyl (C=O) groups excluding carboxylic acids is 1. The van der Waals surface area contributed by atoms with Crippen molar-refractivity contribution in [3.63, 3.8) is 0 Å². The number of ketones is 1. The molecule has 2 aromatic heterocycles. The van der Waals surface area contributed by atoms with E-state index in [1.54, 1.807) is 24.3 Å². The number of nitrogens with zero attached hydrogens (tertiary/aromatic N) is 3. The molecule has 0 aliphatic carbocycles. The van der Waals surface area contributed by atoms with Gasteiger partial charge in [0.25, 0.3) is 0 Å². The molecule has 0 atom stereocenters. The van der Waals surface area contributed by atoms with E-state index in [2.05, 4.69) is 15.2 Å². The van der Waals surface area contributed by atoms with E-state index in [0.29, 0.717) is 21.0 Å². The number of hydrogen-bond donors (Lipinski definition) is 0. The number of halogens is 3. The summed E-state index contributed by atoms with van der Waals surface area (Å²) >= 11 is 16.3. The van der Waals surface area contributed by atoms with Crippen molar-refractivity contribution in [3.05, 3.63) is 51.5 Å². The lowest BCUT2D eigenvalue weighted by atomic mass is 10.2. The smallest absolute Gasteiger partial charge is 0.161 e. The Morgan fingerprint density at radius 1 is 0.944 bits per heavy atom. The van der Waals surface area contributed by atoms with Gasteiger partial charge in [0.15, 0.2) is 16.1 Å². The van der Waals surface area contributed by atoms with E-state index in [-0.39, 0.29) is 5.78 Å². The molecular formula is C11H8Cl3N3O. The first-order valence-corrected chi connectivity index (χ1v) is 5.89. The second-order valence-electron chi connectivity index (χ2n) is 3.10. The van der Waals surface area contributed by atoms with E-state index < -0.39 is 0 Å². The molecule has 0 aliphatic rings. The van der Waals surface area contributed by atoms with Crippen LogP contribution in [0.25, 0.3) is 0 Å². The number of hydrogen-bond acceptors (Lipinski definition) is 4. The summed E-state index contributed by atoms with van der Waals surface area (Å²) in [6.45, 7) is 1.49. The maximum Gasteiger partial charge on any atom is 0.161 e. The maximum atomic E-state index is 10.7. The van der Waals surface area contributed by atoms with Crippen molar-refractivity contribution in [3.8, 4) is 0 Å². The first-order chi connectivity index (χ1) is 8.49. The van der Waals surface area contributed by atoms with Crippen LogP contribution in [0.1, 0.15) is 17.3 Å². The van der Waals surface area contributed by atoms with Gasteiger partial charge in [-0.05, 0) is 31.2 Å². The summed E-state index contributed by atoms with van der Waals surface area (Å²) in [5, 5.41) is 8.04. The zero-order valence-electron chi connectivity index (χ0n) is 9.27. The van der Waals surface area contributed by atoms with Crippen LogP contribution < -0.4 is 0 Å². The average Bonchev–Trinajstić information content (AvgIpc) is 2.34. The lowest BCUT2D eigenvalue weighted by molar-refractivity contribution is 0.101. The molecule has 0 bridgehead atoms. The van der Waals surface area contributed by atoms with E-state index in [0.717, 1.165) is 0 Å². The Balaban J connectivity index is 0.000000184. The molecule has 2 heterocycles. The van der Waals surface area contributed by atoms with Crippen LogP contribution in [-0.2, 0) is 0 Å². The van der Waals surface area contributed by atoms with Crippen LogP contribution in [0.3, 0.4) is 0 Å². The molecule has 0 saturated carbocycles. The normalized spacial score (nSPS) is 9.33. The van der Waals surface area contributed by atoms with Crippen molar-refractivity contribution in [2.24, 2.45) is 0 Å². The molecular weight excluding hydrogens is 296 g/mol. The molecule has 18 heavy (non-hydrogen) atoms. The number of rotatable bonds is 1. The fourth-order valence-corrected chi connectivity index (χ4v) is 1.20. The van der Waals surface area contributed by atoms with Gasteiger partial charge in [-0.25, -0.2) is 4.98 Å². The van der Waals surface area contributed by atoms with Gasteiger partial charge in [-0.3, -0.25) is 4.79 Å². The van der Waals surface area contributed by atoms with Crippen molar-refractivity contribution >= 4 is 40.6 Å². The molecule has 0 amide bonds. The minimum absolute atomic E-state index is 0.00386. The molecule has 7 heteroatoms. The van der Waals surface area contributed by atoms with Gasteiger partial charge in [-0.15, -0.1) is 10.2 Å². The van der Waals surface area contributed by atoms with E-state index >= 15 is 0 Å². The number of carbonyl (C=O) groups is 1. The molecule has 94 valence electrons. The molecule has 0 spiro atoms. The van der Waals surface area contributed by atoms with Gasteiger partial charge in [-0.1, -0.05) is 34.8 Å². The molecule has 0 radical (unpaired) electrons. The maximum absolute atomic E-state index is 10.7. The molecule has 0 N–H and O–H groups in total. The fraction of sp³-hybridized carbons (Fsp3) is 0.0909. The highest BCUT2D eigenvalue weighted by atomic mass is 35.5. The highest BCUT2D eigenvalue weighted by Crippen LogP contribution is 2.05. The summed E-state index contributed by atoms with van der Waals surface area (Å²) in [4.78, 5) is 14.4. The molecule has 0 fully saturated rings. The second kappa shape index (κ2) is 7.26. The third-order valence-corrected chi connectivity index (χ3v) is 2.36. The summed E-state index contributed by atoms with van der Waals surface area (Å²) in [6.07, 6.45) is 1.46. The summed E-state index contributed by atoms with van der Waals surface area (Å²) < 4.78 is 0. The van der Waals surface area contributed by atoms with Gasteiger partial charge in [0.05, 0.1) is 0 Å². The number of pyridine rings is 1. The minimum Gasteiger partial charge on any atom is -0.294 e. The minimum atomic E-state index is 0.00386. The summed E-state index contributed by atoms with van der Waals surface area (Å²) in [5.74, 6) is 0.00386. The fourth-order valence-electron chi connectivity index (χ4n) is 0.884. The van der Waals surface area contributed by atoms with Gasteiger partial charge >= 0.3 is 0 Å². The molecule has 2 rings (SSSR count). The zero-order chi connectivity index (χ0) is 13.5. The molecule has 0 aliphatic heterocycles. The predicted octanol–water partition coefficient (Wildman–Crippen LogP) is 3.72. The molecule has 2 aromatic rings. The van der Waals surface area contributed by atoms with E-state index in [9.17, 15) is 4.79 Å². The van der Waals surface area contributed by atoms with E-state index in [1.165, 1.54) is 13.1 Å². The highest BCUT2D eigenvalue weighted by Gasteiger charge is 1.97. The Morgan fingerprint density at radius 3 is 1.78 bits per heavy atom. The Bertz CT molecular complexity index is 493. The second-order valence-corrected chi connectivity index (χ2v) is 4.27. The third-order valence-electron chi connectivity index (χ3n) is 1.73. The van der Waals surface area contributed by atoms with Crippen LogP contribution in [0.2, 0.25) is 15.5 Å². The number of Topliss-reactive ketones (excluding diaryl/α,β-unsaturated/α-hetero) is 1. The van der Waals surface area contributed by atoms with Crippen LogP contribution in [-0.4, -0.2) is 21.0 Å². The van der Waals surface area contributed by atoms with Gasteiger partial charge in [-0.2, -0.15) is 0 Å². The molecule has 4 nitrogen and oxygen atoms in total. The van der Waals surface area contributed by atoms with Gasteiger partial charge in [0.2, 0.25) is 0 Å². The van der Waals surface area contributed by atoms with Crippen molar-refractivity contribution in [1.29, 1.82) is 0 Å². The summed E-state index contributed by atoms with van der Waals surface area (Å²) in [6, 6.07) is 6.41. The Labute approximate surface area is 119 Å². The zero-order valence-corrected chi connectivity index (χ0v) is 11.5. The highest BCUT2D eigenvalue weighted by molar-refractivity contribution is 6.31. The SMILES string of the molecule is CC(=O)c1ccc(Cl)nc1.Clc1ccc(Cl)nn1. The number of aromatic nitrogens is 3. The lowest BCUT2D eigenvalue weighted by Gasteiger charge is -1.91. The predicted molar refractivity (Wildman–Crippen MR) is 71.3 cm³/mol. The monoisotopic (exact) mass is 303 g/mol. The van der Waals surface area contributed by atoms with Crippen LogP contribution in [0, 0.1) is 0 Å². The van der Waals surface area contributed by atoms with Gasteiger partial charge in [0, 0.05) is 11.8 Å². The molecule has 0 aromatic carbocycles. The average molecular weight is 305 g/mol. The van der Waals surface area contributed by atoms with Gasteiger partial charge in [0.1, 0.15) is 5.15 Å². The van der Waals surface area contributed by atoms with Crippen LogP contribution in [0.15, 0.2) is 30.5 Å². The largest absolute Gasteiger partial charge is 0.294 e. The third kappa shape index (κ3) is 5.40. The Kier molecular flexibility index (Phi) is 5.98. The summed E-state index contributed by atoms with van der Waals surface area (Å²) in [5.41, 5.74) is 0.587. The first-order valence-electron chi connectivity index (χ1n) is 4.76. The Morgan fingerprint density at radius 2 is 1.44 bits per heavy atom. The lowest BCUT2D eigenvalue weighted by Crippen LogP contribution is -1.91. The van der Waals surface area contributed by atoms with Crippen molar-refractivity contribution in [1.82, 2.24) is 15.2 Å². The van der Waals surface area contributed by atoms with Crippen molar-refractivity contribution < 1.29 is 4.79 Å². The first kappa shape index (κ1) is 14.8. The quantitative estimate of drug-likeness (QED) is 0.595. The van der Waals surface area contributed by atoms with E-state index in [1.807, 2.05) is 0 Å². The van der Waals surface area contributed by atoms with Crippen LogP contribution >= 0.6 is 34.8 Å². The van der Waals surface area contributed by atoms with Crippen molar-refractivity contribution in [2.45, 2.75) is 6.92 Å². The van der Waals surface area contributed by atoms with Crippen LogP contribution in [0.5, 0.6) is 0 Å². The standard InChI is InChI=1S/C7H6ClNO.C4H2Cl2N2/c1-5(10)6-2-3-7(8)9-4-6;5-3-1-2-4(6)8-7-3/h2-4H,1H3;1-2H. The topological polar surface area (TPSA) is 55.7 Å². The van der Waals surface area contributed by atoms with Gasteiger partial charge < -0.3 is 0 Å². The van der Waals surface area contributed by atoms with E-state index in [4.69, 9.17) is 34.8 Å². The molecule has 0 unspecified atom stereocenters. The molecule has 0 saturated heterocycles. The Hall–Kier alpha value is -1.23. The van der Waals surface area contributed by atoms with Crippen molar-refractivity contribution in [2.75, 3.05) is 0 Å².